The van der Waals surface area contributed by atoms with Crippen LogP contribution in [0, 0.1) is 6.92 Å². The summed E-state index contributed by atoms with van der Waals surface area (Å²) in [5, 5.41) is 4.00. The van der Waals surface area contributed by atoms with E-state index in [2.05, 4.69) is 19.8 Å². The third kappa shape index (κ3) is 2.33. The summed E-state index contributed by atoms with van der Waals surface area (Å²) in [5.74, 6) is 0.182. The first kappa shape index (κ1) is 12.5. The van der Waals surface area contributed by atoms with Crippen molar-refractivity contribution in [2.45, 2.75) is 25.3 Å². The SMILES string of the molecule is CCn1ncc(S(=O)(=O)Nc2cnccn2)c1C. The summed E-state index contributed by atoms with van der Waals surface area (Å²) in [6, 6.07) is 0. The van der Waals surface area contributed by atoms with Gasteiger partial charge in [-0.1, -0.05) is 0 Å². The normalized spacial score (nSPS) is 11.4. The molecule has 1 N–H and O–H groups in total. The van der Waals surface area contributed by atoms with Gasteiger partial charge in [0.25, 0.3) is 10.0 Å². The highest BCUT2D eigenvalue weighted by molar-refractivity contribution is 7.92. The molecule has 0 amide bonds. The number of rotatable bonds is 4. The van der Waals surface area contributed by atoms with Crippen LogP contribution in [0.1, 0.15) is 12.6 Å². The Labute approximate surface area is 105 Å². The van der Waals surface area contributed by atoms with Gasteiger partial charge in [0.05, 0.1) is 18.1 Å². The van der Waals surface area contributed by atoms with Crippen LogP contribution >= 0.6 is 0 Å². The van der Waals surface area contributed by atoms with Crippen molar-refractivity contribution in [3.8, 4) is 0 Å². The number of anilines is 1. The van der Waals surface area contributed by atoms with Crippen LogP contribution in [-0.4, -0.2) is 28.2 Å². The summed E-state index contributed by atoms with van der Waals surface area (Å²) in [6.07, 6.45) is 5.56. The summed E-state index contributed by atoms with van der Waals surface area (Å²) in [6.45, 7) is 4.22. The van der Waals surface area contributed by atoms with E-state index in [1.165, 1.54) is 24.8 Å². The van der Waals surface area contributed by atoms with Gasteiger partial charge in [0.2, 0.25) is 0 Å². The van der Waals surface area contributed by atoms with Crippen LogP contribution in [0.15, 0.2) is 29.7 Å². The molecule has 0 spiro atoms. The van der Waals surface area contributed by atoms with E-state index < -0.39 is 10.0 Å². The third-order valence-corrected chi connectivity index (χ3v) is 3.91. The van der Waals surface area contributed by atoms with Crippen LogP contribution in [0.4, 0.5) is 5.82 Å². The summed E-state index contributed by atoms with van der Waals surface area (Å²) in [4.78, 5) is 7.81. The molecule has 0 aromatic carbocycles. The molecule has 0 aliphatic rings. The molecular weight excluding hydrogens is 254 g/mol. The van der Waals surface area contributed by atoms with Crippen LogP contribution in [0.2, 0.25) is 0 Å². The third-order valence-electron chi connectivity index (χ3n) is 2.45. The molecule has 2 heterocycles. The molecule has 0 fully saturated rings. The molecule has 0 saturated carbocycles. The number of aryl methyl sites for hydroxylation is 1. The molecule has 0 aliphatic carbocycles. The molecule has 0 aliphatic heterocycles. The first-order valence-corrected chi connectivity index (χ1v) is 6.84. The zero-order valence-electron chi connectivity index (χ0n) is 10.0. The van der Waals surface area contributed by atoms with E-state index in [0.717, 1.165) is 0 Å². The van der Waals surface area contributed by atoms with Crippen LogP contribution in [0.3, 0.4) is 0 Å². The first-order chi connectivity index (χ1) is 8.54. The quantitative estimate of drug-likeness (QED) is 0.885. The van der Waals surface area contributed by atoms with E-state index >= 15 is 0 Å². The van der Waals surface area contributed by atoms with Gasteiger partial charge >= 0.3 is 0 Å². The molecular formula is C10H13N5O2S. The Hall–Kier alpha value is -1.96. The largest absolute Gasteiger partial charge is 0.269 e. The molecule has 2 rings (SSSR count). The van der Waals surface area contributed by atoms with Gasteiger partial charge in [0.1, 0.15) is 4.90 Å². The maximum Gasteiger partial charge on any atom is 0.266 e. The molecule has 7 nitrogen and oxygen atoms in total. The zero-order chi connectivity index (χ0) is 13.2. The van der Waals surface area contributed by atoms with Gasteiger partial charge in [-0.05, 0) is 13.8 Å². The fourth-order valence-corrected chi connectivity index (χ4v) is 2.73. The number of aromatic nitrogens is 4. The first-order valence-electron chi connectivity index (χ1n) is 5.36. The Kier molecular flexibility index (Phi) is 3.28. The molecule has 96 valence electrons. The highest BCUT2D eigenvalue weighted by atomic mass is 32.2. The summed E-state index contributed by atoms with van der Waals surface area (Å²) in [7, 11) is -3.67. The summed E-state index contributed by atoms with van der Waals surface area (Å²) < 4.78 is 28.2. The van der Waals surface area contributed by atoms with Crippen molar-refractivity contribution >= 4 is 15.8 Å². The molecule has 0 unspecified atom stereocenters. The van der Waals surface area contributed by atoms with Gasteiger partial charge < -0.3 is 0 Å². The van der Waals surface area contributed by atoms with Crippen molar-refractivity contribution in [2.24, 2.45) is 0 Å². The maximum absolute atomic E-state index is 12.1. The summed E-state index contributed by atoms with van der Waals surface area (Å²) in [5.41, 5.74) is 0.592. The lowest BCUT2D eigenvalue weighted by Gasteiger charge is -2.06. The van der Waals surface area contributed by atoms with Crippen molar-refractivity contribution in [3.05, 3.63) is 30.5 Å². The van der Waals surface area contributed by atoms with E-state index in [9.17, 15) is 8.42 Å². The van der Waals surface area contributed by atoms with E-state index in [4.69, 9.17) is 0 Å². The standard InChI is InChI=1S/C10H13N5O2S/c1-3-15-8(2)9(6-13-15)18(16,17)14-10-7-11-4-5-12-10/h4-7H,3H2,1-2H3,(H,12,14). The number of sulfonamides is 1. The minimum atomic E-state index is -3.67. The molecule has 0 bridgehead atoms. The number of nitrogens with zero attached hydrogens (tertiary/aromatic N) is 4. The lowest BCUT2D eigenvalue weighted by atomic mass is 10.5. The minimum absolute atomic E-state index is 0.148. The number of hydrogen-bond acceptors (Lipinski definition) is 5. The average molecular weight is 267 g/mol. The van der Waals surface area contributed by atoms with Gasteiger partial charge in [-0.3, -0.25) is 14.4 Å². The zero-order valence-corrected chi connectivity index (χ0v) is 10.8. The Balaban J connectivity index is 2.34. The second-order valence-electron chi connectivity index (χ2n) is 3.61. The van der Waals surface area contributed by atoms with Crippen LogP contribution in [0.25, 0.3) is 0 Å². The highest BCUT2D eigenvalue weighted by Gasteiger charge is 2.20. The number of hydrogen-bond donors (Lipinski definition) is 1. The van der Waals surface area contributed by atoms with Crippen molar-refractivity contribution in [3.63, 3.8) is 0 Å². The monoisotopic (exact) mass is 267 g/mol. The lowest BCUT2D eigenvalue weighted by molar-refractivity contribution is 0.598. The fraction of sp³-hybridized carbons (Fsp3) is 0.300. The Morgan fingerprint density at radius 2 is 2.11 bits per heavy atom. The predicted molar refractivity (Wildman–Crippen MR) is 65.5 cm³/mol. The Morgan fingerprint density at radius 1 is 1.33 bits per heavy atom. The van der Waals surface area contributed by atoms with Gasteiger partial charge in [-0.15, -0.1) is 0 Å². The van der Waals surface area contributed by atoms with Crippen LogP contribution in [-0.2, 0) is 16.6 Å². The molecule has 0 saturated heterocycles. The van der Waals surface area contributed by atoms with Gasteiger partial charge in [-0.2, -0.15) is 5.10 Å². The topological polar surface area (TPSA) is 89.8 Å². The average Bonchev–Trinajstić information content (AvgIpc) is 2.72. The number of nitrogens with one attached hydrogen (secondary N) is 1. The second kappa shape index (κ2) is 4.73. The van der Waals surface area contributed by atoms with Crippen LogP contribution < -0.4 is 4.72 Å². The predicted octanol–water partition coefficient (Wildman–Crippen LogP) is 0.802. The minimum Gasteiger partial charge on any atom is -0.269 e. The van der Waals surface area contributed by atoms with Crippen molar-refractivity contribution in [1.82, 2.24) is 19.7 Å². The fourth-order valence-electron chi connectivity index (χ4n) is 1.56. The molecule has 0 atom stereocenters. The van der Waals surface area contributed by atoms with Crippen molar-refractivity contribution in [2.75, 3.05) is 4.72 Å². The molecule has 2 aromatic heterocycles. The van der Waals surface area contributed by atoms with E-state index in [1.54, 1.807) is 11.6 Å². The van der Waals surface area contributed by atoms with Crippen LogP contribution in [0.5, 0.6) is 0 Å². The van der Waals surface area contributed by atoms with Crippen molar-refractivity contribution in [1.29, 1.82) is 0 Å². The second-order valence-corrected chi connectivity index (χ2v) is 5.26. The van der Waals surface area contributed by atoms with E-state index in [1.807, 2.05) is 6.92 Å². The summed E-state index contributed by atoms with van der Waals surface area (Å²) >= 11 is 0. The van der Waals surface area contributed by atoms with Gasteiger partial charge in [0.15, 0.2) is 5.82 Å². The molecule has 0 radical (unpaired) electrons. The molecule has 18 heavy (non-hydrogen) atoms. The lowest BCUT2D eigenvalue weighted by Crippen LogP contribution is -2.15. The maximum atomic E-state index is 12.1. The van der Waals surface area contributed by atoms with Gasteiger partial charge in [-0.25, -0.2) is 13.4 Å². The van der Waals surface area contributed by atoms with E-state index in [-0.39, 0.29) is 10.7 Å². The van der Waals surface area contributed by atoms with Crippen molar-refractivity contribution < 1.29 is 8.42 Å². The Bertz CT molecular complexity index is 636. The smallest absolute Gasteiger partial charge is 0.266 e. The van der Waals surface area contributed by atoms with Gasteiger partial charge in [0, 0.05) is 18.9 Å². The molecule has 2 aromatic rings. The molecule has 8 heteroatoms. The Morgan fingerprint density at radius 3 is 2.67 bits per heavy atom. The highest BCUT2D eigenvalue weighted by Crippen LogP contribution is 2.17. The van der Waals surface area contributed by atoms with E-state index in [0.29, 0.717) is 12.2 Å².